The van der Waals surface area contributed by atoms with E-state index in [-0.39, 0.29) is 12.1 Å². The number of hydrogen-bond acceptors (Lipinski definition) is 4. The van der Waals surface area contributed by atoms with Crippen molar-refractivity contribution in [3.8, 4) is 0 Å². The number of aromatic nitrogens is 2. The molecule has 4 heteroatoms. The second kappa shape index (κ2) is 7.35. The van der Waals surface area contributed by atoms with Crippen LogP contribution in [0.3, 0.4) is 0 Å². The molecule has 0 saturated heterocycles. The quantitative estimate of drug-likeness (QED) is 0.760. The van der Waals surface area contributed by atoms with Gasteiger partial charge in [-0.15, -0.1) is 0 Å². The Kier molecular flexibility index (Phi) is 6.08. The van der Waals surface area contributed by atoms with Gasteiger partial charge in [0.05, 0.1) is 11.8 Å². The zero-order valence-corrected chi connectivity index (χ0v) is 10.9. The molecule has 4 nitrogen and oxygen atoms in total. The van der Waals surface area contributed by atoms with Crippen molar-refractivity contribution < 1.29 is 5.11 Å². The van der Waals surface area contributed by atoms with Gasteiger partial charge >= 0.3 is 0 Å². The van der Waals surface area contributed by atoms with Gasteiger partial charge in [0.25, 0.3) is 0 Å². The van der Waals surface area contributed by atoms with Crippen LogP contribution in [0.25, 0.3) is 0 Å². The summed E-state index contributed by atoms with van der Waals surface area (Å²) >= 11 is 0. The summed E-state index contributed by atoms with van der Waals surface area (Å²) in [6.45, 7) is 6.86. The predicted octanol–water partition coefficient (Wildman–Crippen LogP) is 1.92. The molecule has 0 spiro atoms. The molecule has 1 aromatic rings. The van der Waals surface area contributed by atoms with Gasteiger partial charge in [-0.25, -0.2) is 0 Å². The standard InChI is InChI=1S/C13H23N3O/c1-4-11(5-2)13(17)9-16-10(3)12-8-14-6-7-15-12/h6-8,10-11,13,16-17H,4-5,9H2,1-3H3. The summed E-state index contributed by atoms with van der Waals surface area (Å²) in [6.07, 6.45) is 6.84. The minimum absolute atomic E-state index is 0.118. The zero-order chi connectivity index (χ0) is 12.7. The van der Waals surface area contributed by atoms with E-state index >= 15 is 0 Å². The first-order chi connectivity index (χ1) is 8.19. The predicted molar refractivity (Wildman–Crippen MR) is 68.5 cm³/mol. The lowest BCUT2D eigenvalue weighted by Gasteiger charge is -2.22. The molecular weight excluding hydrogens is 214 g/mol. The summed E-state index contributed by atoms with van der Waals surface area (Å²) in [4.78, 5) is 8.27. The number of rotatable bonds is 7. The fourth-order valence-corrected chi connectivity index (χ4v) is 1.94. The summed E-state index contributed by atoms with van der Waals surface area (Å²) < 4.78 is 0. The van der Waals surface area contributed by atoms with E-state index in [2.05, 4.69) is 29.1 Å². The smallest absolute Gasteiger partial charge is 0.0753 e. The molecule has 0 amide bonds. The van der Waals surface area contributed by atoms with Crippen LogP contribution >= 0.6 is 0 Å². The molecule has 0 aliphatic heterocycles. The molecule has 1 heterocycles. The van der Waals surface area contributed by atoms with E-state index in [1.807, 2.05) is 6.92 Å². The third kappa shape index (κ3) is 4.40. The maximum Gasteiger partial charge on any atom is 0.0753 e. The van der Waals surface area contributed by atoms with E-state index in [1.54, 1.807) is 18.6 Å². The Morgan fingerprint density at radius 1 is 1.29 bits per heavy atom. The molecule has 0 saturated carbocycles. The fourth-order valence-electron chi connectivity index (χ4n) is 1.94. The van der Waals surface area contributed by atoms with E-state index in [0.29, 0.717) is 12.5 Å². The van der Waals surface area contributed by atoms with Gasteiger partial charge in [-0.1, -0.05) is 26.7 Å². The highest BCUT2D eigenvalue weighted by Gasteiger charge is 2.16. The van der Waals surface area contributed by atoms with E-state index in [1.165, 1.54) is 0 Å². The Labute approximate surface area is 103 Å². The molecule has 0 bridgehead atoms. The Hall–Kier alpha value is -1.00. The monoisotopic (exact) mass is 237 g/mol. The van der Waals surface area contributed by atoms with Gasteiger partial charge in [-0.2, -0.15) is 0 Å². The molecule has 1 aromatic heterocycles. The van der Waals surface area contributed by atoms with Gasteiger partial charge in [0, 0.05) is 31.2 Å². The van der Waals surface area contributed by atoms with Crippen molar-refractivity contribution in [3.63, 3.8) is 0 Å². The number of aliphatic hydroxyl groups excluding tert-OH is 1. The number of aliphatic hydroxyl groups is 1. The first kappa shape index (κ1) is 14.1. The highest BCUT2D eigenvalue weighted by atomic mass is 16.3. The maximum absolute atomic E-state index is 10.0. The van der Waals surface area contributed by atoms with E-state index in [9.17, 15) is 5.11 Å². The molecule has 17 heavy (non-hydrogen) atoms. The van der Waals surface area contributed by atoms with Gasteiger partial charge in [0.2, 0.25) is 0 Å². The van der Waals surface area contributed by atoms with Crippen molar-refractivity contribution in [2.24, 2.45) is 5.92 Å². The lowest BCUT2D eigenvalue weighted by Crippen LogP contribution is -2.34. The second-order valence-electron chi connectivity index (χ2n) is 4.40. The fraction of sp³-hybridized carbons (Fsp3) is 0.692. The van der Waals surface area contributed by atoms with Crippen molar-refractivity contribution in [3.05, 3.63) is 24.3 Å². The highest BCUT2D eigenvalue weighted by molar-refractivity contribution is 5.00. The molecule has 96 valence electrons. The van der Waals surface area contributed by atoms with E-state index < -0.39 is 0 Å². The molecule has 2 unspecified atom stereocenters. The van der Waals surface area contributed by atoms with Crippen LogP contribution in [0.15, 0.2) is 18.6 Å². The molecule has 2 N–H and O–H groups in total. The second-order valence-corrected chi connectivity index (χ2v) is 4.40. The van der Waals surface area contributed by atoms with Gasteiger partial charge in [-0.05, 0) is 12.8 Å². The highest BCUT2D eigenvalue weighted by Crippen LogP contribution is 2.14. The molecule has 0 fully saturated rings. The molecular formula is C13H23N3O. The lowest BCUT2D eigenvalue weighted by atomic mass is 9.96. The van der Waals surface area contributed by atoms with Crippen LogP contribution in [0.1, 0.15) is 45.3 Å². The Morgan fingerprint density at radius 2 is 2.00 bits per heavy atom. The summed E-state index contributed by atoms with van der Waals surface area (Å²) in [7, 11) is 0. The molecule has 0 aliphatic carbocycles. The van der Waals surface area contributed by atoms with Crippen LogP contribution in [-0.4, -0.2) is 27.7 Å². The zero-order valence-electron chi connectivity index (χ0n) is 10.9. The summed E-state index contributed by atoms with van der Waals surface area (Å²) in [5.74, 6) is 0.372. The van der Waals surface area contributed by atoms with E-state index in [4.69, 9.17) is 0 Å². The van der Waals surface area contributed by atoms with Crippen molar-refractivity contribution in [2.75, 3.05) is 6.54 Å². The Morgan fingerprint density at radius 3 is 2.53 bits per heavy atom. The molecule has 0 aromatic carbocycles. The average Bonchev–Trinajstić information content (AvgIpc) is 2.38. The lowest BCUT2D eigenvalue weighted by molar-refractivity contribution is 0.0987. The largest absolute Gasteiger partial charge is 0.392 e. The number of nitrogens with one attached hydrogen (secondary N) is 1. The molecule has 0 aliphatic rings. The van der Waals surface area contributed by atoms with Crippen molar-refractivity contribution >= 4 is 0 Å². The third-order valence-corrected chi connectivity index (χ3v) is 3.25. The summed E-state index contributed by atoms with van der Waals surface area (Å²) in [5.41, 5.74) is 0.907. The van der Waals surface area contributed by atoms with Gasteiger partial charge < -0.3 is 10.4 Å². The van der Waals surface area contributed by atoms with Crippen molar-refractivity contribution in [1.29, 1.82) is 0 Å². The average molecular weight is 237 g/mol. The van der Waals surface area contributed by atoms with Crippen molar-refractivity contribution in [1.82, 2.24) is 15.3 Å². The Balaban J connectivity index is 2.40. The van der Waals surface area contributed by atoms with Gasteiger partial charge in [0.1, 0.15) is 0 Å². The topological polar surface area (TPSA) is 58.0 Å². The van der Waals surface area contributed by atoms with E-state index in [0.717, 1.165) is 18.5 Å². The van der Waals surface area contributed by atoms with Gasteiger partial charge in [0.15, 0.2) is 0 Å². The van der Waals surface area contributed by atoms with Crippen LogP contribution in [-0.2, 0) is 0 Å². The molecule has 1 rings (SSSR count). The van der Waals surface area contributed by atoms with Gasteiger partial charge in [-0.3, -0.25) is 9.97 Å². The minimum Gasteiger partial charge on any atom is -0.392 e. The minimum atomic E-state index is -0.288. The normalized spacial score (nSPS) is 14.9. The summed E-state index contributed by atoms with van der Waals surface area (Å²) in [5, 5.41) is 13.3. The van der Waals surface area contributed by atoms with Crippen LogP contribution in [0.4, 0.5) is 0 Å². The molecule has 0 radical (unpaired) electrons. The SMILES string of the molecule is CCC(CC)C(O)CNC(C)c1cnccn1. The number of nitrogens with zero attached hydrogens (tertiary/aromatic N) is 2. The van der Waals surface area contributed by atoms with Crippen molar-refractivity contribution in [2.45, 2.75) is 45.8 Å². The van der Waals surface area contributed by atoms with Crippen LogP contribution in [0, 0.1) is 5.92 Å². The Bertz CT molecular complexity index is 301. The first-order valence-electron chi connectivity index (χ1n) is 6.36. The third-order valence-electron chi connectivity index (χ3n) is 3.25. The van der Waals surface area contributed by atoms with Crippen LogP contribution in [0.2, 0.25) is 0 Å². The first-order valence-corrected chi connectivity index (χ1v) is 6.36. The summed E-state index contributed by atoms with van der Waals surface area (Å²) in [6, 6.07) is 0.118. The number of hydrogen-bond donors (Lipinski definition) is 2. The van der Waals surface area contributed by atoms with Crippen LogP contribution < -0.4 is 5.32 Å². The maximum atomic E-state index is 10.0. The molecule has 2 atom stereocenters. The van der Waals surface area contributed by atoms with Crippen LogP contribution in [0.5, 0.6) is 0 Å².